The second-order valence-corrected chi connectivity index (χ2v) is 5.27. The van der Waals surface area contributed by atoms with E-state index in [0.717, 1.165) is 12.8 Å². The van der Waals surface area contributed by atoms with E-state index in [9.17, 15) is 9.59 Å². The Kier molecular flexibility index (Phi) is 7.46. The Morgan fingerprint density at radius 3 is 2.29 bits per heavy atom. The van der Waals surface area contributed by atoms with Crippen LogP contribution in [-0.4, -0.2) is 30.1 Å². The Balaban J connectivity index is 2.36. The highest BCUT2D eigenvalue weighted by Crippen LogP contribution is 2.16. The monoisotopic (exact) mass is 292 g/mol. The maximum absolute atomic E-state index is 11.7. The van der Waals surface area contributed by atoms with Crippen LogP contribution in [0.5, 0.6) is 0 Å². The number of aliphatic hydroxyl groups excluding tert-OH is 1. The van der Waals surface area contributed by atoms with Gasteiger partial charge in [-0.3, -0.25) is 9.59 Å². The molecule has 0 aliphatic heterocycles. The van der Waals surface area contributed by atoms with Crippen molar-refractivity contribution in [2.45, 2.75) is 39.0 Å². The standard InChI is InChI=1S/C16H24N2O3/c1-12(2)13-6-8-14(9-7-13)18-16(21)15(20)17-10-4-3-5-11-19/h6-9,12,19H,3-5,10-11H2,1-2H3,(H,17,20)(H,18,21). The maximum atomic E-state index is 11.7. The second kappa shape index (κ2) is 9.13. The summed E-state index contributed by atoms with van der Waals surface area (Å²) in [7, 11) is 0. The molecule has 2 amide bonds. The minimum atomic E-state index is -0.658. The summed E-state index contributed by atoms with van der Waals surface area (Å²) in [6.07, 6.45) is 2.29. The van der Waals surface area contributed by atoms with Crippen LogP contribution in [0.4, 0.5) is 5.69 Å². The molecule has 0 spiro atoms. The molecule has 5 heteroatoms. The molecule has 1 rings (SSSR count). The van der Waals surface area contributed by atoms with Gasteiger partial charge in [-0.15, -0.1) is 0 Å². The van der Waals surface area contributed by atoms with Crippen molar-refractivity contribution in [3.8, 4) is 0 Å². The van der Waals surface area contributed by atoms with Crippen LogP contribution in [0.2, 0.25) is 0 Å². The van der Waals surface area contributed by atoms with E-state index in [4.69, 9.17) is 5.11 Å². The third kappa shape index (κ3) is 6.40. The van der Waals surface area contributed by atoms with Crippen LogP contribution in [0.1, 0.15) is 44.6 Å². The molecule has 1 aromatic rings. The van der Waals surface area contributed by atoms with E-state index in [0.29, 0.717) is 24.6 Å². The summed E-state index contributed by atoms with van der Waals surface area (Å²) in [5, 5.41) is 13.8. The van der Waals surface area contributed by atoms with Gasteiger partial charge in [0.25, 0.3) is 0 Å². The molecular formula is C16H24N2O3. The highest BCUT2D eigenvalue weighted by molar-refractivity contribution is 6.39. The van der Waals surface area contributed by atoms with Gasteiger partial charge in [-0.2, -0.15) is 0 Å². The van der Waals surface area contributed by atoms with Crippen molar-refractivity contribution in [2.24, 2.45) is 0 Å². The number of aliphatic hydroxyl groups is 1. The summed E-state index contributed by atoms with van der Waals surface area (Å²) in [5.41, 5.74) is 1.79. The predicted molar refractivity (Wildman–Crippen MR) is 83.1 cm³/mol. The molecule has 0 aromatic heterocycles. The molecule has 3 N–H and O–H groups in total. The van der Waals surface area contributed by atoms with Gasteiger partial charge in [0.15, 0.2) is 0 Å². The van der Waals surface area contributed by atoms with Crippen LogP contribution in [0.3, 0.4) is 0 Å². The number of hydrogen-bond acceptors (Lipinski definition) is 3. The first kappa shape index (κ1) is 17.2. The predicted octanol–water partition coefficient (Wildman–Crippen LogP) is 2.03. The molecule has 0 fully saturated rings. The molecule has 0 radical (unpaired) electrons. The van der Waals surface area contributed by atoms with Gasteiger partial charge in [0.2, 0.25) is 0 Å². The number of amides is 2. The van der Waals surface area contributed by atoms with Crippen molar-refractivity contribution in [3.05, 3.63) is 29.8 Å². The van der Waals surface area contributed by atoms with Crippen LogP contribution in [0.15, 0.2) is 24.3 Å². The van der Waals surface area contributed by atoms with Crippen molar-refractivity contribution < 1.29 is 14.7 Å². The minimum absolute atomic E-state index is 0.154. The number of anilines is 1. The highest BCUT2D eigenvalue weighted by Gasteiger charge is 2.12. The van der Waals surface area contributed by atoms with E-state index < -0.39 is 11.8 Å². The topological polar surface area (TPSA) is 78.4 Å². The SMILES string of the molecule is CC(C)c1ccc(NC(=O)C(=O)NCCCCCO)cc1. The number of nitrogens with one attached hydrogen (secondary N) is 2. The van der Waals surface area contributed by atoms with Crippen LogP contribution in [0.25, 0.3) is 0 Å². The van der Waals surface area contributed by atoms with Crippen molar-refractivity contribution in [1.29, 1.82) is 0 Å². The van der Waals surface area contributed by atoms with E-state index in [1.165, 1.54) is 5.56 Å². The number of benzene rings is 1. The number of unbranched alkanes of at least 4 members (excludes halogenated alkanes) is 2. The minimum Gasteiger partial charge on any atom is -0.396 e. The van der Waals surface area contributed by atoms with Crippen LogP contribution >= 0.6 is 0 Å². The summed E-state index contributed by atoms with van der Waals surface area (Å²) >= 11 is 0. The summed E-state index contributed by atoms with van der Waals surface area (Å²) in [5.74, 6) is -0.863. The first-order valence-corrected chi connectivity index (χ1v) is 7.34. The van der Waals surface area contributed by atoms with Crippen molar-refractivity contribution >= 4 is 17.5 Å². The Labute approximate surface area is 125 Å². The van der Waals surface area contributed by atoms with Gasteiger partial charge in [-0.25, -0.2) is 0 Å². The van der Waals surface area contributed by atoms with Crippen LogP contribution in [0, 0.1) is 0 Å². The lowest BCUT2D eigenvalue weighted by molar-refractivity contribution is -0.136. The fraction of sp³-hybridized carbons (Fsp3) is 0.500. The zero-order chi connectivity index (χ0) is 15.7. The molecule has 0 aliphatic rings. The number of carbonyl (C=O) groups is 2. The first-order valence-electron chi connectivity index (χ1n) is 7.34. The quantitative estimate of drug-likeness (QED) is 0.531. The molecule has 0 unspecified atom stereocenters. The summed E-state index contributed by atoms with van der Waals surface area (Å²) in [4.78, 5) is 23.3. The maximum Gasteiger partial charge on any atom is 0.313 e. The van der Waals surface area contributed by atoms with Crippen LogP contribution in [-0.2, 0) is 9.59 Å². The lowest BCUT2D eigenvalue weighted by Crippen LogP contribution is -2.35. The van der Waals surface area contributed by atoms with Crippen molar-refractivity contribution in [2.75, 3.05) is 18.5 Å². The number of hydrogen-bond donors (Lipinski definition) is 3. The van der Waals surface area contributed by atoms with E-state index >= 15 is 0 Å². The molecule has 0 atom stereocenters. The van der Waals surface area contributed by atoms with Gasteiger partial charge in [0, 0.05) is 18.8 Å². The molecule has 1 aromatic carbocycles. The third-order valence-corrected chi connectivity index (χ3v) is 3.16. The Bertz CT molecular complexity index is 455. The normalized spacial score (nSPS) is 10.5. The van der Waals surface area contributed by atoms with Gasteiger partial charge in [-0.05, 0) is 42.9 Å². The molecule has 21 heavy (non-hydrogen) atoms. The van der Waals surface area contributed by atoms with Gasteiger partial charge >= 0.3 is 11.8 Å². The first-order chi connectivity index (χ1) is 10.0. The van der Waals surface area contributed by atoms with Gasteiger partial charge in [0.05, 0.1) is 0 Å². The highest BCUT2D eigenvalue weighted by atomic mass is 16.3. The third-order valence-electron chi connectivity index (χ3n) is 3.16. The van der Waals surface area contributed by atoms with Gasteiger partial charge in [-0.1, -0.05) is 26.0 Å². The molecule has 0 saturated heterocycles. The van der Waals surface area contributed by atoms with Gasteiger partial charge in [0.1, 0.15) is 0 Å². The fourth-order valence-electron chi connectivity index (χ4n) is 1.83. The summed E-state index contributed by atoms with van der Waals surface area (Å²) in [6.45, 7) is 4.79. The largest absolute Gasteiger partial charge is 0.396 e. The lowest BCUT2D eigenvalue weighted by Gasteiger charge is -2.08. The molecule has 5 nitrogen and oxygen atoms in total. The van der Waals surface area contributed by atoms with E-state index in [-0.39, 0.29) is 6.61 Å². The molecule has 0 heterocycles. The van der Waals surface area contributed by atoms with E-state index in [1.807, 2.05) is 12.1 Å². The smallest absolute Gasteiger partial charge is 0.313 e. The van der Waals surface area contributed by atoms with Gasteiger partial charge < -0.3 is 15.7 Å². The number of rotatable bonds is 7. The van der Waals surface area contributed by atoms with Crippen molar-refractivity contribution in [1.82, 2.24) is 5.32 Å². The van der Waals surface area contributed by atoms with Crippen LogP contribution < -0.4 is 10.6 Å². The molecule has 116 valence electrons. The molecule has 0 bridgehead atoms. The van der Waals surface area contributed by atoms with E-state index in [1.54, 1.807) is 12.1 Å². The summed E-state index contributed by atoms with van der Waals surface area (Å²) < 4.78 is 0. The van der Waals surface area contributed by atoms with Crippen molar-refractivity contribution in [3.63, 3.8) is 0 Å². The molecule has 0 aliphatic carbocycles. The summed E-state index contributed by atoms with van der Waals surface area (Å²) in [6, 6.07) is 7.46. The average molecular weight is 292 g/mol. The Morgan fingerprint density at radius 1 is 1.05 bits per heavy atom. The second-order valence-electron chi connectivity index (χ2n) is 5.27. The molecule has 0 saturated carbocycles. The fourth-order valence-corrected chi connectivity index (χ4v) is 1.83. The Morgan fingerprint density at radius 2 is 1.71 bits per heavy atom. The zero-order valence-corrected chi connectivity index (χ0v) is 12.7. The number of carbonyl (C=O) groups excluding carboxylic acids is 2. The zero-order valence-electron chi connectivity index (χ0n) is 12.7. The van der Waals surface area contributed by atoms with E-state index in [2.05, 4.69) is 24.5 Å². The Hall–Kier alpha value is -1.88. The lowest BCUT2D eigenvalue weighted by atomic mass is 10.0. The molecular weight excluding hydrogens is 268 g/mol. The average Bonchev–Trinajstić information content (AvgIpc) is 2.47.